The van der Waals surface area contributed by atoms with Crippen molar-refractivity contribution >= 4 is 35.1 Å². The van der Waals surface area contributed by atoms with Crippen LogP contribution in [-0.2, 0) is 20.7 Å². The van der Waals surface area contributed by atoms with E-state index in [0.717, 1.165) is 11.3 Å². The van der Waals surface area contributed by atoms with Crippen LogP contribution in [0.25, 0.3) is 6.08 Å². The van der Waals surface area contributed by atoms with Crippen molar-refractivity contribution in [3.8, 4) is 23.6 Å². The third-order valence-electron chi connectivity index (χ3n) is 4.69. The Morgan fingerprint density at radius 3 is 2.34 bits per heavy atom. The van der Waals surface area contributed by atoms with Gasteiger partial charge in [0.05, 0.1) is 31.5 Å². The molecule has 0 radical (unpaired) electrons. The highest BCUT2D eigenvalue weighted by Gasteiger charge is 2.28. The lowest BCUT2D eigenvalue weighted by molar-refractivity contribution is -0.114. The van der Waals surface area contributed by atoms with Gasteiger partial charge in [0.15, 0.2) is 23.9 Å². The number of nitriles is 2. The number of thiophene rings is 1. The number of rotatable bonds is 11. The normalized spacial score (nSPS) is 10.6. The third kappa shape index (κ3) is 6.69. The van der Waals surface area contributed by atoms with Crippen molar-refractivity contribution in [2.45, 2.75) is 27.2 Å². The highest BCUT2D eigenvalue weighted by Crippen LogP contribution is 2.32. The molecule has 1 heterocycles. The summed E-state index contributed by atoms with van der Waals surface area (Å²) in [6.07, 6.45) is 1.11. The van der Waals surface area contributed by atoms with Crippen LogP contribution in [0.3, 0.4) is 0 Å². The fraction of sp³-hybridized carbons (Fsp3) is 0.320. The second-order valence-corrected chi connectivity index (χ2v) is 8.03. The molecule has 1 aromatic heterocycles. The smallest absolute Gasteiger partial charge is 0.348 e. The van der Waals surface area contributed by atoms with Gasteiger partial charge in [-0.05, 0) is 50.1 Å². The monoisotopic (exact) mass is 496 g/mol. The standard InChI is InChI=1S/C25H24N2O7S/c1-5-32-24(29)22-15(3)23(25(30)33-6-2)35-21(22)13-18(28)17(14-27)11-16-7-8-19(34-10-9-26)20(12-16)31-4/h7-8,11-12H,5-6,10,13H2,1-4H3/b17-11+. The Labute approximate surface area is 207 Å². The summed E-state index contributed by atoms with van der Waals surface area (Å²) in [5, 5.41) is 18.3. The van der Waals surface area contributed by atoms with E-state index in [0.29, 0.717) is 27.5 Å². The highest BCUT2D eigenvalue weighted by atomic mass is 32.1. The maximum atomic E-state index is 13.0. The van der Waals surface area contributed by atoms with E-state index in [9.17, 15) is 19.6 Å². The van der Waals surface area contributed by atoms with Crippen LogP contribution >= 0.6 is 11.3 Å². The zero-order chi connectivity index (χ0) is 26.0. The van der Waals surface area contributed by atoms with Crippen molar-refractivity contribution in [1.82, 2.24) is 0 Å². The molecule has 0 N–H and O–H groups in total. The number of benzene rings is 1. The van der Waals surface area contributed by atoms with E-state index in [1.54, 1.807) is 39.0 Å². The van der Waals surface area contributed by atoms with Crippen LogP contribution in [0.4, 0.5) is 0 Å². The van der Waals surface area contributed by atoms with Gasteiger partial charge in [0, 0.05) is 11.3 Å². The van der Waals surface area contributed by atoms with E-state index in [1.165, 1.54) is 13.2 Å². The van der Waals surface area contributed by atoms with E-state index in [1.807, 2.05) is 12.1 Å². The predicted octanol–water partition coefficient (Wildman–Crippen LogP) is 4.04. The number of hydrogen-bond acceptors (Lipinski definition) is 10. The first-order valence-electron chi connectivity index (χ1n) is 10.6. The average molecular weight is 497 g/mol. The van der Waals surface area contributed by atoms with Gasteiger partial charge in [0.25, 0.3) is 0 Å². The van der Waals surface area contributed by atoms with Crippen LogP contribution in [0.1, 0.15) is 49.9 Å². The molecule has 0 aliphatic rings. The van der Waals surface area contributed by atoms with Gasteiger partial charge in [0.1, 0.15) is 17.0 Å². The Morgan fingerprint density at radius 2 is 1.74 bits per heavy atom. The lowest BCUT2D eigenvalue weighted by Crippen LogP contribution is -2.12. The molecule has 0 aliphatic heterocycles. The number of allylic oxidation sites excluding steroid dienone is 1. The Bertz CT molecular complexity index is 1230. The first-order valence-corrected chi connectivity index (χ1v) is 11.4. The summed E-state index contributed by atoms with van der Waals surface area (Å²) in [5.41, 5.74) is 0.841. The van der Waals surface area contributed by atoms with Crippen LogP contribution in [0.5, 0.6) is 11.5 Å². The summed E-state index contributed by atoms with van der Waals surface area (Å²) < 4.78 is 20.7. The summed E-state index contributed by atoms with van der Waals surface area (Å²) in [7, 11) is 1.43. The molecule has 0 amide bonds. The molecule has 2 aromatic rings. The lowest BCUT2D eigenvalue weighted by atomic mass is 10.0. The van der Waals surface area contributed by atoms with Crippen LogP contribution in [0.15, 0.2) is 23.8 Å². The lowest BCUT2D eigenvalue weighted by Gasteiger charge is -2.09. The maximum absolute atomic E-state index is 13.0. The van der Waals surface area contributed by atoms with Crippen LogP contribution in [-0.4, -0.2) is 44.7 Å². The van der Waals surface area contributed by atoms with Gasteiger partial charge in [-0.15, -0.1) is 11.3 Å². The first-order chi connectivity index (χ1) is 16.8. The fourth-order valence-electron chi connectivity index (χ4n) is 3.15. The molecule has 0 unspecified atom stereocenters. The molecule has 0 fully saturated rings. The van der Waals surface area contributed by atoms with Gasteiger partial charge in [-0.1, -0.05) is 6.07 Å². The summed E-state index contributed by atoms with van der Waals surface area (Å²) in [6.45, 7) is 5.02. The van der Waals surface area contributed by atoms with E-state index >= 15 is 0 Å². The molecule has 0 saturated heterocycles. The number of hydrogen-bond donors (Lipinski definition) is 0. The van der Waals surface area contributed by atoms with Crippen molar-refractivity contribution in [1.29, 1.82) is 10.5 Å². The number of nitrogens with zero attached hydrogens (tertiary/aromatic N) is 2. The number of carbonyl (C=O) groups excluding carboxylic acids is 3. The fourth-order valence-corrected chi connectivity index (χ4v) is 4.33. The summed E-state index contributed by atoms with van der Waals surface area (Å²) in [4.78, 5) is 38.4. The van der Waals surface area contributed by atoms with Gasteiger partial charge >= 0.3 is 11.9 Å². The van der Waals surface area contributed by atoms with Gasteiger partial charge < -0.3 is 18.9 Å². The molecular formula is C25H24N2O7S. The topological polar surface area (TPSA) is 136 Å². The molecule has 0 aliphatic carbocycles. The molecule has 0 atom stereocenters. The minimum atomic E-state index is -0.653. The Kier molecular flexibility index (Phi) is 10.0. The zero-order valence-corrected chi connectivity index (χ0v) is 20.6. The van der Waals surface area contributed by atoms with Gasteiger partial charge in [-0.2, -0.15) is 10.5 Å². The summed E-state index contributed by atoms with van der Waals surface area (Å²) in [6, 6.07) is 8.49. The number of ketones is 1. The Morgan fingerprint density at radius 1 is 1.06 bits per heavy atom. The van der Waals surface area contributed by atoms with Gasteiger partial charge in [-0.25, -0.2) is 9.59 Å². The van der Waals surface area contributed by atoms with E-state index < -0.39 is 17.7 Å². The quantitative estimate of drug-likeness (QED) is 0.256. The van der Waals surface area contributed by atoms with Crippen molar-refractivity contribution < 1.29 is 33.3 Å². The maximum Gasteiger partial charge on any atom is 0.348 e. The highest BCUT2D eigenvalue weighted by molar-refractivity contribution is 7.14. The van der Waals surface area contributed by atoms with Crippen molar-refractivity contribution in [3.63, 3.8) is 0 Å². The summed E-state index contributed by atoms with van der Waals surface area (Å²) in [5.74, 6) is -1.12. The first kappa shape index (κ1) is 27.1. The Hall–Kier alpha value is -4.15. The van der Waals surface area contributed by atoms with E-state index in [4.69, 9.17) is 24.2 Å². The number of Topliss-reactive ketones (excluding diaryl/α,β-unsaturated/α-hetero) is 1. The molecule has 0 saturated carbocycles. The second kappa shape index (κ2) is 12.9. The third-order valence-corrected chi connectivity index (χ3v) is 5.96. The molecular weight excluding hydrogens is 472 g/mol. The molecule has 2 rings (SSSR count). The van der Waals surface area contributed by atoms with Crippen LogP contribution in [0.2, 0.25) is 0 Å². The molecule has 0 bridgehead atoms. The van der Waals surface area contributed by atoms with Crippen LogP contribution in [0, 0.1) is 29.6 Å². The number of esters is 2. The molecule has 9 nitrogen and oxygen atoms in total. The van der Waals surface area contributed by atoms with Crippen molar-refractivity contribution in [2.24, 2.45) is 0 Å². The SMILES string of the molecule is CCOC(=O)c1sc(CC(=O)/C(C#N)=C/c2ccc(OCC#N)c(OC)c2)c(C(=O)OCC)c1C. The number of ether oxygens (including phenoxy) is 4. The largest absolute Gasteiger partial charge is 0.493 e. The summed E-state index contributed by atoms with van der Waals surface area (Å²) >= 11 is 0.971. The predicted molar refractivity (Wildman–Crippen MR) is 127 cm³/mol. The van der Waals surface area contributed by atoms with Gasteiger partial charge in [-0.3, -0.25) is 4.79 Å². The van der Waals surface area contributed by atoms with E-state index in [2.05, 4.69) is 0 Å². The van der Waals surface area contributed by atoms with Crippen LogP contribution < -0.4 is 9.47 Å². The molecule has 182 valence electrons. The average Bonchev–Trinajstić information content (AvgIpc) is 3.17. The molecule has 0 spiro atoms. The van der Waals surface area contributed by atoms with Crippen molar-refractivity contribution in [2.75, 3.05) is 26.9 Å². The zero-order valence-electron chi connectivity index (χ0n) is 19.8. The molecule has 10 heteroatoms. The second-order valence-electron chi connectivity index (χ2n) is 6.92. The minimum Gasteiger partial charge on any atom is -0.493 e. The van der Waals surface area contributed by atoms with Gasteiger partial charge in [0.2, 0.25) is 0 Å². The molecule has 35 heavy (non-hydrogen) atoms. The molecule has 1 aromatic carbocycles. The van der Waals surface area contributed by atoms with Crippen molar-refractivity contribution in [3.05, 3.63) is 50.2 Å². The van der Waals surface area contributed by atoms with E-state index in [-0.39, 0.29) is 42.3 Å². The number of methoxy groups -OCH3 is 1. The minimum absolute atomic E-state index is 0.121. The Balaban J connectivity index is 2.41. The number of carbonyl (C=O) groups is 3.